The molecule has 0 aliphatic heterocycles. The smallest absolute Gasteiger partial charge is 0.264 e. The lowest BCUT2D eigenvalue weighted by Crippen LogP contribution is -2.55. The predicted molar refractivity (Wildman–Crippen MR) is 156 cm³/mol. The Kier molecular flexibility index (Phi) is 10.0. The number of rotatable bonds is 10. The van der Waals surface area contributed by atoms with Gasteiger partial charge in [-0.3, -0.25) is 13.9 Å². The fourth-order valence-corrected chi connectivity index (χ4v) is 5.76. The molecule has 7 nitrogen and oxygen atoms in total. The van der Waals surface area contributed by atoms with Gasteiger partial charge >= 0.3 is 0 Å². The van der Waals surface area contributed by atoms with Crippen molar-refractivity contribution < 1.29 is 18.0 Å². The summed E-state index contributed by atoms with van der Waals surface area (Å²) in [5.41, 5.74) is 0.511. The van der Waals surface area contributed by atoms with E-state index in [0.29, 0.717) is 16.5 Å². The maximum atomic E-state index is 14.0. The van der Waals surface area contributed by atoms with Gasteiger partial charge < -0.3 is 10.2 Å². The van der Waals surface area contributed by atoms with Gasteiger partial charge in [0.2, 0.25) is 11.8 Å². The van der Waals surface area contributed by atoms with E-state index in [-0.39, 0.29) is 23.0 Å². The number of nitrogens with one attached hydrogen (secondary N) is 1. The second kappa shape index (κ2) is 12.9. The lowest BCUT2D eigenvalue weighted by molar-refractivity contribution is -0.141. The monoisotopic (exact) mass is 589 g/mol. The standard InChI is InChI=1S/C29H33Cl2N3O4S/c1-5-26(28(36)32-29(2,3)4)33(19-21-10-7-6-8-11-21)27(35)20-34(24-13-9-12-23(31)18-24)39(37,38)25-16-14-22(30)15-17-25/h6-18,26H,5,19-20H2,1-4H3,(H,32,36)/t26-/m1/s1. The molecule has 2 amide bonds. The van der Waals surface area contributed by atoms with Crippen LogP contribution < -0.4 is 9.62 Å². The summed E-state index contributed by atoms with van der Waals surface area (Å²) < 4.78 is 28.7. The van der Waals surface area contributed by atoms with Crippen LogP contribution in [0.1, 0.15) is 39.7 Å². The summed E-state index contributed by atoms with van der Waals surface area (Å²) >= 11 is 12.2. The molecule has 1 atom stereocenters. The van der Waals surface area contributed by atoms with E-state index in [2.05, 4.69) is 5.32 Å². The maximum absolute atomic E-state index is 14.0. The lowest BCUT2D eigenvalue weighted by atomic mass is 10.1. The van der Waals surface area contributed by atoms with Gasteiger partial charge in [0, 0.05) is 22.1 Å². The van der Waals surface area contributed by atoms with Crippen LogP contribution >= 0.6 is 23.2 Å². The van der Waals surface area contributed by atoms with Crippen LogP contribution in [0.2, 0.25) is 10.0 Å². The molecule has 0 unspecified atom stereocenters. The first-order valence-corrected chi connectivity index (χ1v) is 14.7. The molecule has 0 spiro atoms. The topological polar surface area (TPSA) is 86.8 Å². The van der Waals surface area contributed by atoms with Crippen molar-refractivity contribution in [3.8, 4) is 0 Å². The molecule has 1 N–H and O–H groups in total. The fourth-order valence-electron chi connectivity index (χ4n) is 4.05. The van der Waals surface area contributed by atoms with Crippen molar-refractivity contribution in [3.63, 3.8) is 0 Å². The highest BCUT2D eigenvalue weighted by molar-refractivity contribution is 7.92. The molecule has 0 aliphatic rings. The van der Waals surface area contributed by atoms with E-state index in [1.54, 1.807) is 18.2 Å². The Bertz CT molecular complexity index is 1390. The molecular formula is C29H33Cl2N3O4S. The van der Waals surface area contributed by atoms with Gasteiger partial charge in [0.25, 0.3) is 10.0 Å². The Morgan fingerprint density at radius 1 is 0.897 bits per heavy atom. The molecule has 39 heavy (non-hydrogen) atoms. The van der Waals surface area contributed by atoms with Gasteiger partial charge in [-0.1, -0.05) is 66.5 Å². The molecule has 0 radical (unpaired) electrons. The minimum absolute atomic E-state index is 0.0354. The zero-order valence-corrected chi connectivity index (χ0v) is 24.7. The lowest BCUT2D eigenvalue weighted by Gasteiger charge is -2.34. The molecule has 0 saturated carbocycles. The summed E-state index contributed by atoms with van der Waals surface area (Å²) in [7, 11) is -4.20. The fraction of sp³-hybridized carbons (Fsp3) is 0.310. The molecule has 0 saturated heterocycles. The van der Waals surface area contributed by atoms with E-state index in [1.165, 1.54) is 35.2 Å². The molecule has 0 aliphatic carbocycles. The van der Waals surface area contributed by atoms with Crippen molar-refractivity contribution in [2.24, 2.45) is 0 Å². The van der Waals surface area contributed by atoms with Gasteiger partial charge in [0.1, 0.15) is 12.6 Å². The number of sulfonamides is 1. The molecule has 0 bridgehead atoms. The molecule has 3 aromatic rings. The molecule has 0 fully saturated rings. The number of amides is 2. The Labute approximate surface area is 240 Å². The first-order chi connectivity index (χ1) is 18.3. The zero-order chi connectivity index (χ0) is 28.8. The number of nitrogens with zero attached hydrogens (tertiary/aromatic N) is 2. The van der Waals surface area contributed by atoms with Crippen LogP contribution in [0.3, 0.4) is 0 Å². The molecule has 208 valence electrons. The van der Waals surface area contributed by atoms with E-state index < -0.39 is 34.1 Å². The second-order valence-corrected chi connectivity index (χ2v) is 12.9. The van der Waals surface area contributed by atoms with Crippen LogP contribution in [0.15, 0.2) is 83.8 Å². The van der Waals surface area contributed by atoms with Crippen LogP contribution in [0, 0.1) is 0 Å². The highest BCUT2D eigenvalue weighted by atomic mass is 35.5. The number of carbonyl (C=O) groups excluding carboxylic acids is 2. The maximum Gasteiger partial charge on any atom is 0.264 e. The van der Waals surface area contributed by atoms with Gasteiger partial charge in [-0.15, -0.1) is 0 Å². The Morgan fingerprint density at radius 2 is 1.54 bits per heavy atom. The number of halogens is 2. The minimum atomic E-state index is -4.20. The number of hydrogen-bond donors (Lipinski definition) is 1. The van der Waals surface area contributed by atoms with Crippen molar-refractivity contribution in [3.05, 3.63) is 94.5 Å². The van der Waals surface area contributed by atoms with Crippen molar-refractivity contribution >= 4 is 50.7 Å². The molecule has 3 rings (SSSR count). The van der Waals surface area contributed by atoms with E-state index in [9.17, 15) is 18.0 Å². The summed E-state index contributed by atoms with van der Waals surface area (Å²) in [4.78, 5) is 28.7. The van der Waals surface area contributed by atoms with Gasteiger partial charge in [0.15, 0.2) is 0 Å². The zero-order valence-electron chi connectivity index (χ0n) is 22.4. The van der Waals surface area contributed by atoms with Crippen molar-refractivity contribution in [2.75, 3.05) is 10.8 Å². The molecule has 3 aromatic carbocycles. The van der Waals surface area contributed by atoms with Crippen LogP contribution in [-0.4, -0.2) is 43.3 Å². The van der Waals surface area contributed by atoms with Gasteiger partial charge in [0.05, 0.1) is 10.6 Å². The first-order valence-electron chi connectivity index (χ1n) is 12.5. The van der Waals surface area contributed by atoms with E-state index in [4.69, 9.17) is 23.2 Å². The minimum Gasteiger partial charge on any atom is -0.350 e. The summed E-state index contributed by atoms with van der Waals surface area (Å²) in [6.45, 7) is 6.98. The normalized spacial score (nSPS) is 12.5. The predicted octanol–water partition coefficient (Wildman–Crippen LogP) is 5.91. The molecule has 0 aromatic heterocycles. The Balaban J connectivity index is 2.06. The molecule has 10 heteroatoms. The number of hydrogen-bond acceptors (Lipinski definition) is 4. The quantitative estimate of drug-likeness (QED) is 0.318. The van der Waals surface area contributed by atoms with Crippen LogP contribution in [0.4, 0.5) is 5.69 Å². The van der Waals surface area contributed by atoms with Gasteiger partial charge in [-0.2, -0.15) is 0 Å². The SMILES string of the molecule is CC[C@H](C(=O)NC(C)(C)C)N(Cc1ccccc1)C(=O)CN(c1cccc(Cl)c1)S(=O)(=O)c1ccc(Cl)cc1. The van der Waals surface area contributed by atoms with Gasteiger partial charge in [-0.05, 0) is 75.2 Å². The average molecular weight is 591 g/mol. The first kappa shape index (κ1) is 30.5. The summed E-state index contributed by atoms with van der Waals surface area (Å²) in [6, 6.07) is 20.4. The third-order valence-electron chi connectivity index (χ3n) is 5.86. The largest absolute Gasteiger partial charge is 0.350 e. The summed E-state index contributed by atoms with van der Waals surface area (Å²) in [5.74, 6) is -0.851. The molecule has 0 heterocycles. The molecular weight excluding hydrogens is 557 g/mol. The Morgan fingerprint density at radius 3 is 2.10 bits per heavy atom. The number of anilines is 1. The Hall–Kier alpha value is -3.07. The highest BCUT2D eigenvalue weighted by Gasteiger charge is 2.34. The highest BCUT2D eigenvalue weighted by Crippen LogP contribution is 2.27. The van der Waals surface area contributed by atoms with Crippen molar-refractivity contribution in [1.82, 2.24) is 10.2 Å². The van der Waals surface area contributed by atoms with Crippen molar-refractivity contribution in [2.45, 2.75) is 57.1 Å². The summed E-state index contributed by atoms with van der Waals surface area (Å²) in [5, 5.41) is 3.64. The number of carbonyl (C=O) groups is 2. The van der Waals surface area contributed by atoms with Gasteiger partial charge in [-0.25, -0.2) is 8.42 Å². The number of benzene rings is 3. The van der Waals surface area contributed by atoms with E-state index in [1.807, 2.05) is 58.0 Å². The van der Waals surface area contributed by atoms with Crippen LogP contribution in [0.5, 0.6) is 0 Å². The van der Waals surface area contributed by atoms with E-state index in [0.717, 1.165) is 9.87 Å². The average Bonchev–Trinajstić information content (AvgIpc) is 2.86. The van der Waals surface area contributed by atoms with Crippen LogP contribution in [0.25, 0.3) is 0 Å². The second-order valence-electron chi connectivity index (χ2n) is 10.1. The summed E-state index contributed by atoms with van der Waals surface area (Å²) in [6.07, 6.45) is 0.335. The van der Waals surface area contributed by atoms with E-state index >= 15 is 0 Å². The third kappa shape index (κ3) is 8.21. The third-order valence-corrected chi connectivity index (χ3v) is 8.13. The van der Waals surface area contributed by atoms with Crippen LogP contribution in [-0.2, 0) is 26.2 Å². The van der Waals surface area contributed by atoms with Crippen molar-refractivity contribution in [1.29, 1.82) is 0 Å².